The van der Waals surface area contributed by atoms with Crippen LogP contribution in [0.2, 0.25) is 0 Å². The van der Waals surface area contributed by atoms with E-state index in [1.807, 2.05) is 24.3 Å². The average Bonchev–Trinajstić information content (AvgIpc) is 2.67. The van der Waals surface area contributed by atoms with Gasteiger partial charge in [-0.25, -0.2) is 4.79 Å². The Bertz CT molecular complexity index is 968. The molecule has 0 unspecified atom stereocenters. The average molecular weight is 417 g/mol. The highest BCUT2D eigenvalue weighted by atomic mass is 19.4. The quantitative estimate of drug-likeness (QED) is 0.659. The molecule has 0 bridgehead atoms. The van der Waals surface area contributed by atoms with Crippen LogP contribution in [-0.2, 0) is 11.0 Å². The third-order valence-electron chi connectivity index (χ3n) is 4.97. The molecule has 5 nitrogen and oxygen atoms in total. The number of anilines is 1. The van der Waals surface area contributed by atoms with Crippen molar-refractivity contribution in [3.63, 3.8) is 0 Å². The first-order valence-corrected chi connectivity index (χ1v) is 9.40. The molecule has 2 aromatic rings. The van der Waals surface area contributed by atoms with Gasteiger partial charge in [-0.15, -0.1) is 0 Å². The van der Waals surface area contributed by atoms with E-state index in [1.165, 1.54) is 12.1 Å². The van der Waals surface area contributed by atoms with Crippen molar-refractivity contribution in [2.75, 3.05) is 5.32 Å². The Kier molecular flexibility index (Phi) is 5.87. The van der Waals surface area contributed by atoms with Gasteiger partial charge in [-0.2, -0.15) is 13.2 Å². The van der Waals surface area contributed by atoms with Crippen molar-refractivity contribution in [2.24, 2.45) is 5.92 Å². The topological polar surface area (TPSA) is 70.2 Å². The number of alkyl halides is 3. The number of hydrogen-bond donors (Lipinski definition) is 3. The molecule has 1 aliphatic heterocycles. The van der Waals surface area contributed by atoms with E-state index in [1.54, 1.807) is 0 Å². The van der Waals surface area contributed by atoms with Crippen LogP contribution in [-0.4, -0.2) is 11.9 Å². The Labute approximate surface area is 172 Å². The van der Waals surface area contributed by atoms with Crippen LogP contribution in [0, 0.1) is 5.92 Å². The normalized spacial score (nSPS) is 19.3. The molecule has 0 spiro atoms. The molecule has 2 aromatic carbocycles. The maximum atomic E-state index is 13.0. The van der Waals surface area contributed by atoms with Crippen molar-refractivity contribution in [1.29, 1.82) is 0 Å². The minimum absolute atomic E-state index is 0.00781. The van der Waals surface area contributed by atoms with Crippen molar-refractivity contribution in [2.45, 2.75) is 32.0 Å². The lowest BCUT2D eigenvalue weighted by molar-refractivity contribution is -0.137. The van der Waals surface area contributed by atoms with Gasteiger partial charge >= 0.3 is 12.2 Å². The molecule has 8 heteroatoms. The Hall–Kier alpha value is -3.29. The summed E-state index contributed by atoms with van der Waals surface area (Å²) < 4.78 is 38.9. The molecule has 3 amide bonds. The lowest BCUT2D eigenvalue weighted by Gasteiger charge is -2.34. The van der Waals surface area contributed by atoms with Gasteiger partial charge in [-0.05, 0) is 35.2 Å². The number of benzene rings is 2. The van der Waals surface area contributed by atoms with E-state index in [2.05, 4.69) is 36.4 Å². The van der Waals surface area contributed by atoms with Crippen LogP contribution in [0.15, 0.2) is 60.8 Å². The highest BCUT2D eigenvalue weighted by molar-refractivity contribution is 5.97. The molecule has 3 rings (SSSR count). The van der Waals surface area contributed by atoms with Gasteiger partial charge in [0.15, 0.2) is 0 Å². The summed E-state index contributed by atoms with van der Waals surface area (Å²) in [6.45, 7) is 7.87. The van der Waals surface area contributed by atoms with Crippen molar-refractivity contribution in [3.05, 3.63) is 77.5 Å². The molecule has 1 saturated heterocycles. The maximum Gasteiger partial charge on any atom is 0.416 e. The van der Waals surface area contributed by atoms with Gasteiger partial charge in [-0.1, -0.05) is 50.8 Å². The van der Waals surface area contributed by atoms with E-state index in [-0.39, 0.29) is 11.4 Å². The van der Waals surface area contributed by atoms with Gasteiger partial charge in [0.25, 0.3) is 0 Å². The van der Waals surface area contributed by atoms with Gasteiger partial charge in [0.2, 0.25) is 5.91 Å². The Morgan fingerprint density at radius 1 is 1.13 bits per heavy atom. The predicted molar refractivity (Wildman–Crippen MR) is 108 cm³/mol. The zero-order valence-corrected chi connectivity index (χ0v) is 16.5. The fourth-order valence-electron chi connectivity index (χ4n) is 3.35. The third kappa shape index (κ3) is 4.64. The first-order valence-electron chi connectivity index (χ1n) is 9.40. The van der Waals surface area contributed by atoms with Crippen molar-refractivity contribution in [1.82, 2.24) is 10.6 Å². The van der Waals surface area contributed by atoms with E-state index in [0.717, 1.165) is 17.7 Å². The first-order chi connectivity index (χ1) is 14.1. The Balaban J connectivity index is 1.88. The van der Waals surface area contributed by atoms with E-state index in [9.17, 15) is 22.8 Å². The molecule has 0 aromatic heterocycles. The first kappa shape index (κ1) is 21.4. The summed E-state index contributed by atoms with van der Waals surface area (Å²) in [6, 6.07) is 10.6. The largest absolute Gasteiger partial charge is 0.416 e. The Morgan fingerprint density at radius 2 is 1.80 bits per heavy atom. The lowest BCUT2D eigenvalue weighted by atomic mass is 9.87. The van der Waals surface area contributed by atoms with Crippen molar-refractivity contribution >= 4 is 17.6 Å². The van der Waals surface area contributed by atoms with Crippen LogP contribution in [0.5, 0.6) is 0 Å². The number of halogens is 3. The summed E-state index contributed by atoms with van der Waals surface area (Å²) in [5, 5.41) is 7.70. The molecule has 1 fully saturated rings. The van der Waals surface area contributed by atoms with Crippen LogP contribution in [0.25, 0.3) is 0 Å². The SMILES string of the molecule is C=C1NC(=O)N[C@H](c2ccc(C(C)C)cc2)[C@H]1C(=O)Nc1cccc(C(F)(F)F)c1. The van der Waals surface area contributed by atoms with Gasteiger partial charge in [0.05, 0.1) is 11.6 Å². The second-order valence-electron chi connectivity index (χ2n) is 7.47. The number of carbonyl (C=O) groups is 2. The molecule has 0 aliphatic carbocycles. The van der Waals surface area contributed by atoms with Crippen LogP contribution in [0.1, 0.15) is 42.5 Å². The molecule has 30 heavy (non-hydrogen) atoms. The highest BCUT2D eigenvalue weighted by Gasteiger charge is 2.38. The molecule has 0 saturated carbocycles. The molecule has 3 N–H and O–H groups in total. The fraction of sp³-hybridized carbons (Fsp3) is 0.273. The molecule has 1 aliphatic rings. The second kappa shape index (κ2) is 8.22. The maximum absolute atomic E-state index is 13.0. The number of nitrogens with one attached hydrogen (secondary N) is 3. The smallest absolute Gasteiger partial charge is 0.330 e. The predicted octanol–water partition coefficient (Wildman–Crippen LogP) is 4.95. The minimum Gasteiger partial charge on any atom is -0.330 e. The van der Waals surface area contributed by atoms with Crippen molar-refractivity contribution < 1.29 is 22.8 Å². The zero-order valence-electron chi connectivity index (χ0n) is 16.5. The summed E-state index contributed by atoms with van der Waals surface area (Å²) >= 11 is 0. The highest BCUT2D eigenvalue weighted by Crippen LogP contribution is 2.33. The third-order valence-corrected chi connectivity index (χ3v) is 4.97. The summed E-state index contributed by atoms with van der Waals surface area (Å²) in [5.41, 5.74) is 1.10. The molecular weight excluding hydrogens is 395 g/mol. The molecule has 0 radical (unpaired) electrons. The van der Waals surface area contributed by atoms with E-state index in [0.29, 0.717) is 11.5 Å². The van der Waals surface area contributed by atoms with Gasteiger partial charge < -0.3 is 16.0 Å². The van der Waals surface area contributed by atoms with E-state index < -0.39 is 35.6 Å². The molecule has 1 heterocycles. The number of urea groups is 1. The monoisotopic (exact) mass is 417 g/mol. The summed E-state index contributed by atoms with van der Waals surface area (Å²) in [6.07, 6.45) is -4.52. The molecular formula is C22H22F3N3O2. The summed E-state index contributed by atoms with van der Waals surface area (Å²) in [7, 11) is 0. The zero-order chi connectivity index (χ0) is 22.1. The van der Waals surface area contributed by atoms with Crippen LogP contribution in [0.4, 0.5) is 23.7 Å². The lowest BCUT2D eigenvalue weighted by Crippen LogP contribution is -2.51. The Morgan fingerprint density at radius 3 is 2.40 bits per heavy atom. The van der Waals surface area contributed by atoms with Crippen LogP contribution >= 0.6 is 0 Å². The summed E-state index contributed by atoms with van der Waals surface area (Å²) in [4.78, 5) is 24.9. The number of amides is 3. The molecule has 2 atom stereocenters. The van der Waals surface area contributed by atoms with Gasteiger partial charge in [0.1, 0.15) is 5.92 Å². The second-order valence-corrected chi connectivity index (χ2v) is 7.47. The van der Waals surface area contributed by atoms with E-state index >= 15 is 0 Å². The van der Waals surface area contributed by atoms with Crippen molar-refractivity contribution in [3.8, 4) is 0 Å². The number of carbonyl (C=O) groups excluding carboxylic acids is 2. The standard InChI is InChI=1S/C22H22F3N3O2/c1-12(2)14-7-9-15(10-8-14)19-18(13(3)26-21(30)28-19)20(29)27-17-6-4-5-16(11-17)22(23,24)25/h4-12,18-19H,3H2,1-2H3,(H,27,29)(H2,26,28,30)/t18-,19+/m0/s1. The minimum atomic E-state index is -4.52. The summed E-state index contributed by atoms with van der Waals surface area (Å²) in [5.74, 6) is -1.18. The van der Waals surface area contributed by atoms with E-state index in [4.69, 9.17) is 0 Å². The van der Waals surface area contributed by atoms with Gasteiger partial charge in [-0.3, -0.25) is 4.79 Å². The molecule has 158 valence electrons. The van der Waals surface area contributed by atoms with Crippen LogP contribution < -0.4 is 16.0 Å². The van der Waals surface area contributed by atoms with Gasteiger partial charge in [0, 0.05) is 11.4 Å². The fourth-order valence-corrected chi connectivity index (χ4v) is 3.35. The number of rotatable bonds is 4. The number of hydrogen-bond acceptors (Lipinski definition) is 2. The van der Waals surface area contributed by atoms with Crippen LogP contribution in [0.3, 0.4) is 0 Å².